The highest BCUT2D eigenvalue weighted by atomic mass is 35.5. The second-order valence-electron chi connectivity index (χ2n) is 2.78. The summed E-state index contributed by atoms with van der Waals surface area (Å²) < 4.78 is 36.2. The molecular weight excluding hydrogens is 215 g/mol. The molecule has 0 saturated carbocycles. The summed E-state index contributed by atoms with van der Waals surface area (Å²) in [6.45, 7) is 0. The number of nitrogens with two attached hydrogens (primary N) is 1. The van der Waals surface area contributed by atoms with Crippen LogP contribution in [0.1, 0.15) is 18.0 Å². The first-order chi connectivity index (χ1) is 6.09. The molecule has 1 rings (SSSR count). The Morgan fingerprint density at radius 2 is 1.64 bits per heavy atom. The Balaban J connectivity index is 0.00000169. The van der Waals surface area contributed by atoms with E-state index in [1.807, 2.05) is 0 Å². The van der Waals surface area contributed by atoms with Crippen molar-refractivity contribution in [3.8, 4) is 0 Å². The highest BCUT2D eigenvalue weighted by Gasteiger charge is 2.12. The van der Waals surface area contributed by atoms with Gasteiger partial charge in [0.1, 0.15) is 5.82 Å². The van der Waals surface area contributed by atoms with Crippen molar-refractivity contribution in [2.45, 2.75) is 18.9 Å². The molecule has 0 heterocycles. The molecule has 0 spiro atoms. The molecular formula is C9H11ClF3N. The summed E-state index contributed by atoms with van der Waals surface area (Å²) in [5.41, 5.74) is 5.97. The molecule has 80 valence electrons. The van der Waals surface area contributed by atoms with Gasteiger partial charge in [0.25, 0.3) is 0 Å². The van der Waals surface area contributed by atoms with Gasteiger partial charge >= 0.3 is 0 Å². The van der Waals surface area contributed by atoms with Crippen LogP contribution in [0.4, 0.5) is 13.2 Å². The predicted octanol–water partition coefficient (Wildman–Crippen LogP) is 2.90. The van der Waals surface area contributed by atoms with Crippen molar-refractivity contribution in [3.63, 3.8) is 0 Å². The molecule has 0 radical (unpaired) electrons. The maximum Gasteiger partial charge on any atom is 0.240 e. The molecule has 0 saturated heterocycles. The smallest absolute Gasteiger partial charge is 0.240 e. The van der Waals surface area contributed by atoms with Crippen molar-refractivity contribution >= 4 is 12.4 Å². The first kappa shape index (κ1) is 13.3. The van der Waals surface area contributed by atoms with Gasteiger partial charge in [-0.15, -0.1) is 12.4 Å². The molecule has 0 amide bonds. The first-order valence-electron chi connectivity index (χ1n) is 3.89. The van der Waals surface area contributed by atoms with Crippen LogP contribution < -0.4 is 5.73 Å². The van der Waals surface area contributed by atoms with Gasteiger partial charge in [-0.2, -0.15) is 0 Å². The molecule has 2 N–H and O–H groups in total. The highest BCUT2D eigenvalue weighted by Crippen LogP contribution is 2.17. The van der Waals surface area contributed by atoms with Crippen LogP contribution in [-0.2, 0) is 0 Å². The predicted molar refractivity (Wildman–Crippen MR) is 51.2 cm³/mol. The molecule has 1 aromatic rings. The van der Waals surface area contributed by atoms with Gasteiger partial charge < -0.3 is 5.73 Å². The summed E-state index contributed by atoms with van der Waals surface area (Å²) >= 11 is 0. The first-order valence-corrected chi connectivity index (χ1v) is 3.89. The Morgan fingerprint density at radius 3 is 2.07 bits per heavy atom. The van der Waals surface area contributed by atoms with Crippen LogP contribution in [0.3, 0.4) is 0 Å². The van der Waals surface area contributed by atoms with Crippen LogP contribution >= 0.6 is 12.4 Å². The van der Waals surface area contributed by atoms with E-state index in [1.54, 1.807) is 0 Å². The van der Waals surface area contributed by atoms with Crippen molar-refractivity contribution in [3.05, 3.63) is 35.6 Å². The van der Waals surface area contributed by atoms with E-state index in [-0.39, 0.29) is 12.4 Å². The minimum Gasteiger partial charge on any atom is -0.324 e. The average molecular weight is 226 g/mol. The summed E-state index contributed by atoms with van der Waals surface area (Å²) in [4.78, 5) is 0. The van der Waals surface area contributed by atoms with Crippen LogP contribution in [0.25, 0.3) is 0 Å². The van der Waals surface area contributed by atoms with Gasteiger partial charge in [-0.1, -0.05) is 12.1 Å². The topological polar surface area (TPSA) is 26.0 Å². The van der Waals surface area contributed by atoms with E-state index in [0.717, 1.165) is 0 Å². The van der Waals surface area contributed by atoms with Gasteiger partial charge in [-0.05, 0) is 17.7 Å². The number of halogens is 4. The van der Waals surface area contributed by atoms with Crippen molar-refractivity contribution in [1.29, 1.82) is 0 Å². The van der Waals surface area contributed by atoms with E-state index >= 15 is 0 Å². The third kappa shape index (κ3) is 3.98. The van der Waals surface area contributed by atoms with Crippen molar-refractivity contribution in [2.24, 2.45) is 5.73 Å². The molecule has 1 aromatic carbocycles. The second kappa shape index (κ2) is 5.88. The molecule has 14 heavy (non-hydrogen) atoms. The lowest BCUT2D eigenvalue weighted by Gasteiger charge is -2.10. The normalized spacial score (nSPS) is 12.4. The summed E-state index contributed by atoms with van der Waals surface area (Å²) in [7, 11) is 0. The van der Waals surface area contributed by atoms with E-state index < -0.39 is 24.7 Å². The van der Waals surface area contributed by atoms with Gasteiger partial charge in [-0.3, -0.25) is 0 Å². The molecule has 0 unspecified atom stereocenters. The standard InChI is InChI=1S/C9H10F3N.ClH/c10-7-3-1-6(2-4-7)8(13)5-9(11)12;/h1-4,8-9H,5,13H2;1H/t8-;/m1./s1. The Labute approximate surface area is 86.5 Å². The molecule has 0 fully saturated rings. The maximum atomic E-state index is 12.4. The zero-order chi connectivity index (χ0) is 9.84. The van der Waals surface area contributed by atoms with E-state index in [9.17, 15) is 13.2 Å². The van der Waals surface area contributed by atoms with Crippen LogP contribution in [-0.4, -0.2) is 6.43 Å². The van der Waals surface area contributed by atoms with Crippen molar-refractivity contribution in [2.75, 3.05) is 0 Å². The second-order valence-corrected chi connectivity index (χ2v) is 2.78. The van der Waals surface area contributed by atoms with Gasteiger partial charge in [0.2, 0.25) is 6.43 Å². The van der Waals surface area contributed by atoms with Gasteiger partial charge in [-0.25, -0.2) is 13.2 Å². The summed E-state index contributed by atoms with van der Waals surface area (Å²) in [6.07, 6.45) is -2.83. The number of benzene rings is 1. The number of hydrogen-bond acceptors (Lipinski definition) is 1. The highest BCUT2D eigenvalue weighted by molar-refractivity contribution is 5.85. The molecule has 0 aromatic heterocycles. The lowest BCUT2D eigenvalue weighted by atomic mass is 10.1. The van der Waals surface area contributed by atoms with Crippen molar-refractivity contribution < 1.29 is 13.2 Å². The van der Waals surface area contributed by atoms with E-state index in [2.05, 4.69) is 0 Å². The molecule has 1 atom stereocenters. The Morgan fingerprint density at radius 1 is 1.14 bits per heavy atom. The molecule has 1 nitrogen and oxygen atoms in total. The fourth-order valence-corrected chi connectivity index (χ4v) is 1.04. The molecule has 0 aliphatic rings. The largest absolute Gasteiger partial charge is 0.324 e. The fourth-order valence-electron chi connectivity index (χ4n) is 1.04. The van der Waals surface area contributed by atoms with Gasteiger partial charge in [0, 0.05) is 12.5 Å². The Bertz CT molecular complexity index is 263. The third-order valence-electron chi connectivity index (χ3n) is 1.73. The SMILES string of the molecule is Cl.N[C@H](CC(F)F)c1ccc(F)cc1. The van der Waals surface area contributed by atoms with Crippen LogP contribution in [0, 0.1) is 5.82 Å². The molecule has 0 bridgehead atoms. The van der Waals surface area contributed by atoms with Crippen LogP contribution in [0.2, 0.25) is 0 Å². The number of alkyl halides is 2. The van der Waals surface area contributed by atoms with Crippen molar-refractivity contribution in [1.82, 2.24) is 0 Å². The quantitative estimate of drug-likeness (QED) is 0.841. The van der Waals surface area contributed by atoms with E-state index in [0.29, 0.717) is 5.56 Å². The third-order valence-corrected chi connectivity index (χ3v) is 1.73. The number of hydrogen-bond donors (Lipinski definition) is 1. The zero-order valence-corrected chi connectivity index (χ0v) is 8.11. The number of rotatable bonds is 3. The van der Waals surface area contributed by atoms with Gasteiger partial charge in [0.05, 0.1) is 0 Å². The van der Waals surface area contributed by atoms with Crippen LogP contribution in [0.15, 0.2) is 24.3 Å². The lowest BCUT2D eigenvalue weighted by Crippen LogP contribution is -2.13. The summed E-state index contributed by atoms with van der Waals surface area (Å²) in [5.74, 6) is -0.395. The Kier molecular flexibility index (Phi) is 5.57. The summed E-state index contributed by atoms with van der Waals surface area (Å²) in [5, 5.41) is 0. The Hall–Kier alpha value is -0.740. The molecule has 0 aliphatic carbocycles. The maximum absolute atomic E-state index is 12.4. The summed E-state index contributed by atoms with van der Waals surface area (Å²) in [6, 6.07) is 4.53. The zero-order valence-electron chi connectivity index (χ0n) is 7.29. The molecule has 5 heteroatoms. The van der Waals surface area contributed by atoms with Crippen LogP contribution in [0.5, 0.6) is 0 Å². The molecule has 0 aliphatic heterocycles. The lowest BCUT2D eigenvalue weighted by molar-refractivity contribution is 0.128. The fraction of sp³-hybridized carbons (Fsp3) is 0.333. The van der Waals surface area contributed by atoms with E-state index in [1.165, 1.54) is 24.3 Å². The minimum absolute atomic E-state index is 0. The monoisotopic (exact) mass is 225 g/mol. The van der Waals surface area contributed by atoms with E-state index in [4.69, 9.17) is 5.73 Å². The van der Waals surface area contributed by atoms with Gasteiger partial charge in [0.15, 0.2) is 0 Å². The minimum atomic E-state index is -2.43. The average Bonchev–Trinajstić information content (AvgIpc) is 2.04.